The summed E-state index contributed by atoms with van der Waals surface area (Å²) in [5.41, 5.74) is 5.97. The van der Waals surface area contributed by atoms with E-state index in [1.165, 1.54) is 12.8 Å². The molecule has 4 heteroatoms. The van der Waals surface area contributed by atoms with E-state index >= 15 is 0 Å². The average Bonchev–Trinajstić information content (AvgIpc) is 3.06. The van der Waals surface area contributed by atoms with Gasteiger partial charge in [0.15, 0.2) is 0 Å². The van der Waals surface area contributed by atoms with Gasteiger partial charge in [0.2, 0.25) is 0 Å². The van der Waals surface area contributed by atoms with Crippen LogP contribution in [0.2, 0.25) is 0 Å². The third-order valence-electron chi connectivity index (χ3n) is 3.48. The van der Waals surface area contributed by atoms with Gasteiger partial charge in [0.1, 0.15) is 0 Å². The topological polar surface area (TPSA) is 47.7 Å². The van der Waals surface area contributed by atoms with E-state index in [1.807, 2.05) is 0 Å². The summed E-state index contributed by atoms with van der Waals surface area (Å²) in [6.45, 7) is 3.03. The van der Waals surface area contributed by atoms with Crippen molar-refractivity contribution in [2.75, 3.05) is 47.6 Å². The van der Waals surface area contributed by atoms with E-state index in [0.29, 0.717) is 19.1 Å². The zero-order chi connectivity index (χ0) is 11.3. The van der Waals surface area contributed by atoms with Crippen LogP contribution in [0.15, 0.2) is 0 Å². The fraction of sp³-hybridized carbons (Fsp3) is 1.00. The van der Waals surface area contributed by atoms with Crippen molar-refractivity contribution in [2.24, 2.45) is 11.7 Å². The van der Waals surface area contributed by atoms with Crippen molar-refractivity contribution in [3.05, 3.63) is 0 Å². The molecule has 0 bridgehead atoms. The second-order valence-electron chi connectivity index (χ2n) is 4.43. The Morgan fingerprint density at radius 2 is 2.00 bits per heavy atom. The van der Waals surface area contributed by atoms with Crippen molar-refractivity contribution in [3.8, 4) is 0 Å². The molecular weight excluding hydrogens is 192 g/mol. The molecule has 4 nitrogen and oxygen atoms in total. The number of hydrogen-bond acceptors (Lipinski definition) is 4. The van der Waals surface area contributed by atoms with Crippen LogP contribution in [-0.2, 0) is 9.47 Å². The third kappa shape index (κ3) is 2.91. The minimum Gasteiger partial charge on any atom is -0.383 e. The van der Waals surface area contributed by atoms with Gasteiger partial charge in [-0.3, -0.25) is 4.90 Å². The minimum absolute atomic E-state index is 0.0211. The summed E-state index contributed by atoms with van der Waals surface area (Å²) in [6, 6.07) is 0. The molecule has 1 saturated carbocycles. The minimum atomic E-state index is 0.0211. The van der Waals surface area contributed by atoms with E-state index in [-0.39, 0.29) is 5.54 Å². The molecular formula is C11H24N2O2. The first-order valence-electron chi connectivity index (χ1n) is 5.60. The Bertz CT molecular complexity index is 185. The van der Waals surface area contributed by atoms with E-state index < -0.39 is 0 Å². The zero-order valence-electron chi connectivity index (χ0n) is 10.2. The van der Waals surface area contributed by atoms with Crippen molar-refractivity contribution < 1.29 is 9.47 Å². The number of nitrogens with two attached hydrogens (primary N) is 1. The van der Waals surface area contributed by atoms with Crippen molar-refractivity contribution >= 4 is 0 Å². The maximum absolute atomic E-state index is 5.94. The Kier molecular flexibility index (Phi) is 4.99. The van der Waals surface area contributed by atoms with Crippen LogP contribution in [0.5, 0.6) is 0 Å². The molecule has 1 fully saturated rings. The van der Waals surface area contributed by atoms with Crippen molar-refractivity contribution in [3.63, 3.8) is 0 Å². The van der Waals surface area contributed by atoms with Crippen molar-refractivity contribution in [1.29, 1.82) is 0 Å². The Morgan fingerprint density at radius 3 is 2.40 bits per heavy atom. The van der Waals surface area contributed by atoms with Gasteiger partial charge in [-0.1, -0.05) is 0 Å². The summed E-state index contributed by atoms with van der Waals surface area (Å²) < 4.78 is 10.4. The van der Waals surface area contributed by atoms with Crippen LogP contribution in [0.4, 0.5) is 0 Å². The van der Waals surface area contributed by atoms with Gasteiger partial charge in [0, 0.05) is 27.3 Å². The molecule has 0 aromatic carbocycles. The molecule has 2 N–H and O–H groups in total. The standard InChI is InChI=1S/C11H24N2O2/c1-13(6-7-14-2)11(8-12,9-15-3)10-4-5-10/h10H,4-9,12H2,1-3H3. The number of methoxy groups -OCH3 is 2. The summed E-state index contributed by atoms with van der Waals surface area (Å²) >= 11 is 0. The summed E-state index contributed by atoms with van der Waals surface area (Å²) in [5.74, 6) is 0.698. The number of ether oxygens (including phenoxy) is 2. The van der Waals surface area contributed by atoms with Crippen LogP contribution in [0, 0.1) is 5.92 Å². The lowest BCUT2D eigenvalue weighted by Crippen LogP contribution is -2.57. The van der Waals surface area contributed by atoms with Gasteiger partial charge in [0.05, 0.1) is 18.8 Å². The first-order chi connectivity index (χ1) is 7.21. The van der Waals surface area contributed by atoms with E-state index in [1.54, 1.807) is 14.2 Å². The van der Waals surface area contributed by atoms with Gasteiger partial charge in [-0.05, 0) is 25.8 Å². The van der Waals surface area contributed by atoms with Crippen LogP contribution in [-0.4, -0.2) is 58.0 Å². The van der Waals surface area contributed by atoms with Gasteiger partial charge in [0.25, 0.3) is 0 Å². The SMILES string of the molecule is COCCN(C)C(CN)(COC)C1CC1. The van der Waals surface area contributed by atoms with Crippen LogP contribution < -0.4 is 5.73 Å². The lowest BCUT2D eigenvalue weighted by Gasteiger charge is -2.41. The molecule has 0 aromatic rings. The largest absolute Gasteiger partial charge is 0.383 e. The maximum atomic E-state index is 5.94. The Labute approximate surface area is 92.7 Å². The van der Waals surface area contributed by atoms with Gasteiger partial charge in [-0.2, -0.15) is 0 Å². The van der Waals surface area contributed by atoms with Gasteiger partial charge in [-0.15, -0.1) is 0 Å². The molecule has 1 atom stereocenters. The zero-order valence-corrected chi connectivity index (χ0v) is 10.2. The summed E-state index contributed by atoms with van der Waals surface area (Å²) in [5, 5.41) is 0. The molecule has 0 aliphatic heterocycles. The fourth-order valence-electron chi connectivity index (χ4n) is 2.24. The summed E-state index contributed by atoms with van der Waals surface area (Å²) in [7, 11) is 5.59. The van der Waals surface area contributed by atoms with Crippen LogP contribution in [0.25, 0.3) is 0 Å². The highest BCUT2D eigenvalue weighted by molar-refractivity contribution is 5.02. The predicted molar refractivity (Wildman–Crippen MR) is 60.9 cm³/mol. The Balaban J connectivity index is 2.59. The Hall–Kier alpha value is -0.160. The third-order valence-corrected chi connectivity index (χ3v) is 3.48. The quantitative estimate of drug-likeness (QED) is 0.635. The number of nitrogens with zero attached hydrogens (tertiary/aromatic N) is 1. The molecule has 0 amide bonds. The van der Waals surface area contributed by atoms with Gasteiger partial charge in [-0.25, -0.2) is 0 Å². The second kappa shape index (κ2) is 5.80. The van der Waals surface area contributed by atoms with E-state index in [9.17, 15) is 0 Å². The molecule has 0 radical (unpaired) electrons. The van der Waals surface area contributed by atoms with Crippen LogP contribution >= 0.6 is 0 Å². The molecule has 1 rings (SSSR count). The smallest absolute Gasteiger partial charge is 0.0661 e. The monoisotopic (exact) mass is 216 g/mol. The van der Waals surface area contributed by atoms with E-state index in [4.69, 9.17) is 15.2 Å². The molecule has 0 spiro atoms. The second-order valence-corrected chi connectivity index (χ2v) is 4.43. The molecule has 0 heterocycles. The maximum Gasteiger partial charge on any atom is 0.0661 e. The molecule has 1 aliphatic rings. The molecule has 0 saturated heterocycles. The lowest BCUT2D eigenvalue weighted by atomic mass is 9.92. The highest BCUT2D eigenvalue weighted by Crippen LogP contribution is 2.42. The lowest BCUT2D eigenvalue weighted by molar-refractivity contribution is 0.00322. The Morgan fingerprint density at radius 1 is 1.33 bits per heavy atom. The average molecular weight is 216 g/mol. The predicted octanol–water partition coefficient (Wildman–Crippen LogP) is 0.319. The molecule has 90 valence electrons. The number of likely N-dealkylation sites (N-methyl/N-ethyl adjacent to an activating group) is 1. The van der Waals surface area contributed by atoms with Crippen molar-refractivity contribution in [1.82, 2.24) is 4.90 Å². The fourth-order valence-corrected chi connectivity index (χ4v) is 2.24. The molecule has 15 heavy (non-hydrogen) atoms. The van der Waals surface area contributed by atoms with Crippen LogP contribution in [0.1, 0.15) is 12.8 Å². The molecule has 1 unspecified atom stereocenters. The normalized spacial score (nSPS) is 20.6. The molecule has 1 aliphatic carbocycles. The summed E-state index contributed by atoms with van der Waals surface area (Å²) in [6.07, 6.45) is 2.55. The van der Waals surface area contributed by atoms with E-state index in [2.05, 4.69) is 11.9 Å². The van der Waals surface area contributed by atoms with Crippen molar-refractivity contribution in [2.45, 2.75) is 18.4 Å². The molecule has 0 aromatic heterocycles. The first-order valence-corrected chi connectivity index (χ1v) is 5.60. The first kappa shape index (κ1) is 12.9. The van der Waals surface area contributed by atoms with Gasteiger partial charge >= 0.3 is 0 Å². The highest BCUT2D eigenvalue weighted by atomic mass is 16.5. The highest BCUT2D eigenvalue weighted by Gasteiger charge is 2.46. The number of rotatable bonds is 8. The summed E-state index contributed by atoms with van der Waals surface area (Å²) in [4.78, 5) is 2.30. The van der Waals surface area contributed by atoms with Crippen LogP contribution in [0.3, 0.4) is 0 Å². The number of hydrogen-bond donors (Lipinski definition) is 1. The van der Waals surface area contributed by atoms with Gasteiger partial charge < -0.3 is 15.2 Å². The van der Waals surface area contributed by atoms with E-state index in [0.717, 1.165) is 13.2 Å².